The second-order valence-corrected chi connectivity index (χ2v) is 8.65. The van der Waals surface area contributed by atoms with Gasteiger partial charge in [0, 0.05) is 24.0 Å². The van der Waals surface area contributed by atoms with Gasteiger partial charge in [0.25, 0.3) is 5.91 Å². The third-order valence-corrected chi connectivity index (χ3v) is 6.08. The average Bonchev–Trinajstić information content (AvgIpc) is 3.34. The van der Waals surface area contributed by atoms with Gasteiger partial charge >= 0.3 is 6.18 Å². The standard InChI is InChI=1S/C22H22F3N3O3S/c1-13-18(9-19(31-13)14-4-2-5-15(8-14)22(23,24)25)20(30)27-21-26-16(12-32-21)10-28-7-3-6-17(29)11-28/h2,4-5,8-9,12,17,29H,3,6-7,10-11H2,1H3,(H,26,27,30). The number of carbonyl (C=O) groups excluding carboxylic acids is 1. The zero-order valence-corrected chi connectivity index (χ0v) is 18.1. The van der Waals surface area contributed by atoms with E-state index in [1.165, 1.54) is 29.5 Å². The Morgan fingerprint density at radius 2 is 2.19 bits per heavy atom. The zero-order chi connectivity index (χ0) is 22.9. The number of halogens is 3. The van der Waals surface area contributed by atoms with Crippen molar-refractivity contribution in [1.82, 2.24) is 9.88 Å². The molecule has 3 heterocycles. The van der Waals surface area contributed by atoms with Crippen LogP contribution in [0, 0.1) is 6.92 Å². The van der Waals surface area contributed by atoms with Gasteiger partial charge in [-0.2, -0.15) is 13.2 Å². The maximum atomic E-state index is 13.0. The SMILES string of the molecule is Cc1oc(-c2cccc(C(F)(F)F)c2)cc1C(=O)Nc1nc(CN2CCCC(O)C2)cs1. The number of aromatic nitrogens is 1. The number of hydrogen-bond acceptors (Lipinski definition) is 6. The molecule has 1 amide bonds. The molecule has 1 saturated heterocycles. The fraction of sp³-hybridized carbons (Fsp3) is 0.364. The molecule has 6 nitrogen and oxygen atoms in total. The predicted octanol–water partition coefficient (Wildman–Crippen LogP) is 4.94. The second-order valence-electron chi connectivity index (χ2n) is 7.79. The summed E-state index contributed by atoms with van der Waals surface area (Å²) < 4.78 is 44.5. The number of furan rings is 1. The van der Waals surface area contributed by atoms with Gasteiger partial charge in [-0.15, -0.1) is 11.3 Å². The van der Waals surface area contributed by atoms with Crippen LogP contribution in [0.15, 0.2) is 40.1 Å². The molecule has 1 fully saturated rings. The second kappa shape index (κ2) is 9.05. The minimum atomic E-state index is -4.47. The highest BCUT2D eigenvalue weighted by Crippen LogP contribution is 2.33. The summed E-state index contributed by atoms with van der Waals surface area (Å²) in [6.07, 6.45) is -3.05. The number of alkyl halides is 3. The number of likely N-dealkylation sites (tertiary alicyclic amines) is 1. The number of hydrogen-bond donors (Lipinski definition) is 2. The van der Waals surface area contributed by atoms with E-state index in [-0.39, 0.29) is 23.0 Å². The molecular formula is C22H22F3N3O3S. The number of aliphatic hydroxyl groups excluding tert-OH is 1. The lowest BCUT2D eigenvalue weighted by Gasteiger charge is -2.29. The summed E-state index contributed by atoms with van der Waals surface area (Å²) in [5.74, 6) is 0.0370. The van der Waals surface area contributed by atoms with Crippen LogP contribution >= 0.6 is 11.3 Å². The molecule has 3 aromatic rings. The number of nitrogens with one attached hydrogen (secondary N) is 1. The zero-order valence-electron chi connectivity index (χ0n) is 17.3. The maximum Gasteiger partial charge on any atom is 0.416 e. The highest BCUT2D eigenvalue weighted by molar-refractivity contribution is 7.14. The minimum absolute atomic E-state index is 0.183. The topological polar surface area (TPSA) is 78.6 Å². The summed E-state index contributed by atoms with van der Waals surface area (Å²) in [5, 5.41) is 14.8. The Bertz CT molecular complexity index is 1110. The molecule has 2 N–H and O–H groups in total. The molecule has 2 aromatic heterocycles. The van der Waals surface area contributed by atoms with Crippen molar-refractivity contribution in [2.75, 3.05) is 18.4 Å². The van der Waals surface area contributed by atoms with Gasteiger partial charge in [0.1, 0.15) is 11.5 Å². The van der Waals surface area contributed by atoms with Crippen molar-refractivity contribution in [2.45, 2.75) is 38.6 Å². The minimum Gasteiger partial charge on any atom is -0.461 e. The molecule has 0 spiro atoms. The lowest BCUT2D eigenvalue weighted by molar-refractivity contribution is -0.137. The van der Waals surface area contributed by atoms with Crippen LogP contribution in [0.25, 0.3) is 11.3 Å². The van der Waals surface area contributed by atoms with Gasteiger partial charge in [0.05, 0.1) is 22.9 Å². The predicted molar refractivity (Wildman–Crippen MR) is 114 cm³/mol. The van der Waals surface area contributed by atoms with Gasteiger partial charge in [-0.1, -0.05) is 12.1 Å². The van der Waals surface area contributed by atoms with Gasteiger partial charge < -0.3 is 9.52 Å². The molecular weight excluding hydrogens is 443 g/mol. The summed E-state index contributed by atoms with van der Waals surface area (Å²) in [5.41, 5.74) is 0.482. The third-order valence-electron chi connectivity index (χ3n) is 5.28. The van der Waals surface area contributed by atoms with Crippen LogP contribution < -0.4 is 5.32 Å². The largest absolute Gasteiger partial charge is 0.461 e. The number of β-amino-alcohol motifs (C(OH)–C–C–N with tert-alkyl or cyclic N) is 1. The first-order chi connectivity index (χ1) is 15.2. The number of nitrogens with zero attached hydrogens (tertiary/aromatic N) is 2. The van der Waals surface area contributed by atoms with E-state index >= 15 is 0 Å². The van der Waals surface area contributed by atoms with Gasteiger partial charge in [-0.3, -0.25) is 15.0 Å². The third kappa shape index (κ3) is 5.20. The van der Waals surface area contributed by atoms with Gasteiger partial charge in [0.15, 0.2) is 5.13 Å². The molecule has 32 heavy (non-hydrogen) atoms. The molecule has 0 bridgehead atoms. The van der Waals surface area contributed by atoms with E-state index in [1.54, 1.807) is 6.92 Å². The van der Waals surface area contributed by atoms with Crippen molar-refractivity contribution in [3.63, 3.8) is 0 Å². The van der Waals surface area contributed by atoms with Crippen molar-refractivity contribution < 1.29 is 27.5 Å². The molecule has 0 saturated carbocycles. The Hall–Kier alpha value is -2.69. The first-order valence-corrected chi connectivity index (χ1v) is 11.0. The Balaban J connectivity index is 1.45. The fourth-order valence-electron chi connectivity index (χ4n) is 3.70. The Kier molecular flexibility index (Phi) is 6.36. The highest BCUT2D eigenvalue weighted by atomic mass is 32.1. The van der Waals surface area contributed by atoms with Crippen molar-refractivity contribution in [3.05, 3.63) is 58.3 Å². The molecule has 1 aliphatic rings. The molecule has 1 aromatic carbocycles. The summed E-state index contributed by atoms with van der Waals surface area (Å²) in [7, 11) is 0. The van der Waals surface area contributed by atoms with Crippen molar-refractivity contribution >= 4 is 22.4 Å². The van der Waals surface area contributed by atoms with Crippen molar-refractivity contribution in [3.8, 4) is 11.3 Å². The monoisotopic (exact) mass is 465 g/mol. The molecule has 1 atom stereocenters. The lowest BCUT2D eigenvalue weighted by atomic mass is 10.1. The van der Waals surface area contributed by atoms with E-state index in [0.29, 0.717) is 24.0 Å². The van der Waals surface area contributed by atoms with E-state index in [1.807, 2.05) is 5.38 Å². The number of anilines is 1. The van der Waals surface area contributed by atoms with E-state index in [2.05, 4.69) is 15.2 Å². The normalized spacial score (nSPS) is 17.5. The van der Waals surface area contributed by atoms with Crippen LogP contribution in [0.3, 0.4) is 0 Å². The van der Waals surface area contributed by atoms with Crippen molar-refractivity contribution in [2.24, 2.45) is 0 Å². The van der Waals surface area contributed by atoms with Crippen molar-refractivity contribution in [1.29, 1.82) is 0 Å². The molecule has 170 valence electrons. The highest BCUT2D eigenvalue weighted by Gasteiger charge is 2.31. The van der Waals surface area contributed by atoms with Gasteiger partial charge in [-0.05, 0) is 44.5 Å². The number of amides is 1. The number of thiazole rings is 1. The number of benzene rings is 1. The Morgan fingerprint density at radius 3 is 2.94 bits per heavy atom. The molecule has 0 radical (unpaired) electrons. The summed E-state index contributed by atoms with van der Waals surface area (Å²) >= 11 is 1.29. The average molecular weight is 465 g/mol. The molecule has 4 rings (SSSR count). The number of piperidine rings is 1. The number of rotatable bonds is 5. The summed E-state index contributed by atoms with van der Waals surface area (Å²) in [4.78, 5) is 19.3. The smallest absolute Gasteiger partial charge is 0.416 e. The summed E-state index contributed by atoms with van der Waals surface area (Å²) in [6.45, 7) is 3.67. The fourth-order valence-corrected chi connectivity index (χ4v) is 4.40. The molecule has 0 aliphatic carbocycles. The first-order valence-electron chi connectivity index (χ1n) is 10.1. The van der Waals surface area contributed by atoms with Gasteiger partial charge in [-0.25, -0.2) is 4.98 Å². The van der Waals surface area contributed by atoms with Crippen LogP contribution in [0.4, 0.5) is 18.3 Å². The number of aryl methyl sites for hydroxylation is 1. The molecule has 1 unspecified atom stereocenters. The van der Waals surface area contributed by atoms with E-state index < -0.39 is 17.6 Å². The van der Waals surface area contributed by atoms with Crippen LogP contribution in [0.5, 0.6) is 0 Å². The Morgan fingerprint density at radius 1 is 1.38 bits per heavy atom. The maximum absolute atomic E-state index is 13.0. The Labute approximate surface area is 186 Å². The molecule has 1 aliphatic heterocycles. The van der Waals surface area contributed by atoms with Crippen LogP contribution in [0.1, 0.15) is 40.2 Å². The van der Waals surface area contributed by atoms with E-state index in [9.17, 15) is 23.1 Å². The van der Waals surface area contributed by atoms with E-state index in [0.717, 1.165) is 37.2 Å². The van der Waals surface area contributed by atoms with Gasteiger partial charge in [0.2, 0.25) is 0 Å². The first kappa shape index (κ1) is 22.5. The van der Waals surface area contributed by atoms with Crippen LogP contribution in [-0.2, 0) is 12.7 Å². The van der Waals surface area contributed by atoms with E-state index in [4.69, 9.17) is 4.42 Å². The number of aliphatic hydroxyl groups is 1. The lowest BCUT2D eigenvalue weighted by Crippen LogP contribution is -2.37. The number of carbonyl (C=O) groups is 1. The quantitative estimate of drug-likeness (QED) is 0.558. The molecule has 10 heteroatoms. The van der Waals surface area contributed by atoms with Crippen LogP contribution in [-0.4, -0.2) is 40.1 Å². The summed E-state index contributed by atoms with van der Waals surface area (Å²) in [6, 6.07) is 6.21. The van der Waals surface area contributed by atoms with Crippen LogP contribution in [0.2, 0.25) is 0 Å².